The molecule has 0 bridgehead atoms. The Morgan fingerprint density at radius 3 is 2.85 bits per heavy atom. The smallest absolute Gasteiger partial charge is 0.0509 e. The summed E-state index contributed by atoms with van der Waals surface area (Å²) in [7, 11) is 0. The Labute approximate surface area is 122 Å². The number of nitrogens with zero attached hydrogens (tertiary/aromatic N) is 1. The summed E-state index contributed by atoms with van der Waals surface area (Å²) >= 11 is 0. The third kappa shape index (κ3) is 3.05. The van der Waals surface area contributed by atoms with Crippen LogP contribution in [0.4, 0.5) is 0 Å². The van der Waals surface area contributed by atoms with E-state index < -0.39 is 0 Å². The van der Waals surface area contributed by atoms with Gasteiger partial charge in [-0.2, -0.15) is 0 Å². The van der Waals surface area contributed by atoms with Crippen LogP contribution in [0.1, 0.15) is 30.4 Å². The van der Waals surface area contributed by atoms with Crippen molar-refractivity contribution in [1.82, 2.24) is 4.90 Å². The molecule has 3 nitrogen and oxygen atoms in total. The average Bonchev–Trinajstić information content (AvgIpc) is 2.71. The predicted octanol–water partition coefficient (Wildman–Crippen LogP) is 2.19. The molecule has 3 heteroatoms. The molecule has 2 unspecified atom stereocenters. The Kier molecular flexibility index (Phi) is 4.71. The number of nitrogens with two attached hydrogens (primary N) is 1. The zero-order valence-corrected chi connectivity index (χ0v) is 12.3. The quantitative estimate of drug-likeness (QED) is 0.918. The minimum absolute atomic E-state index is 0.474. The maximum Gasteiger partial charge on any atom is 0.0509 e. The Balaban J connectivity index is 1.74. The van der Waals surface area contributed by atoms with E-state index in [4.69, 9.17) is 10.5 Å². The van der Waals surface area contributed by atoms with Crippen molar-refractivity contribution < 1.29 is 4.74 Å². The Hall–Kier alpha value is -0.900. The van der Waals surface area contributed by atoms with E-state index in [0.717, 1.165) is 32.8 Å². The molecule has 2 aliphatic rings. The van der Waals surface area contributed by atoms with Crippen LogP contribution in [0.2, 0.25) is 0 Å². The van der Waals surface area contributed by atoms with Crippen molar-refractivity contribution >= 4 is 0 Å². The van der Waals surface area contributed by atoms with E-state index in [1.54, 1.807) is 0 Å². The van der Waals surface area contributed by atoms with Crippen molar-refractivity contribution in [3.63, 3.8) is 0 Å². The molecule has 0 aromatic heterocycles. The van der Waals surface area contributed by atoms with Gasteiger partial charge in [-0.05, 0) is 49.3 Å². The number of fused-ring (bicyclic) bond motifs is 1. The molecule has 2 N–H and O–H groups in total. The number of aryl methyl sites for hydroxylation is 1. The van der Waals surface area contributed by atoms with Gasteiger partial charge in [0.15, 0.2) is 0 Å². The lowest BCUT2D eigenvalue weighted by atomic mass is 9.92. The Morgan fingerprint density at radius 2 is 2.10 bits per heavy atom. The number of ether oxygens (including phenoxy) is 1. The van der Waals surface area contributed by atoms with E-state index in [1.165, 1.54) is 36.8 Å². The fraction of sp³-hybridized carbons (Fsp3) is 0.647. The van der Waals surface area contributed by atoms with Gasteiger partial charge in [-0.25, -0.2) is 0 Å². The van der Waals surface area contributed by atoms with Crippen molar-refractivity contribution in [2.75, 3.05) is 26.3 Å². The van der Waals surface area contributed by atoms with Crippen LogP contribution in [0.15, 0.2) is 24.3 Å². The lowest BCUT2D eigenvalue weighted by molar-refractivity contribution is 0.00926. The molecule has 2 aliphatic heterocycles. The molecule has 0 amide bonds. The van der Waals surface area contributed by atoms with Crippen LogP contribution in [-0.4, -0.2) is 37.2 Å². The van der Waals surface area contributed by atoms with E-state index in [-0.39, 0.29) is 0 Å². The highest BCUT2D eigenvalue weighted by atomic mass is 16.5. The summed E-state index contributed by atoms with van der Waals surface area (Å²) in [5.74, 6) is 0.610. The largest absolute Gasteiger partial charge is 0.381 e. The minimum atomic E-state index is 0.474. The fourth-order valence-corrected chi connectivity index (χ4v) is 3.72. The van der Waals surface area contributed by atoms with E-state index in [9.17, 15) is 0 Å². The van der Waals surface area contributed by atoms with E-state index >= 15 is 0 Å². The standard InChI is InChI=1S/C17H26N2O/c18-11-17(16-8-4-10-20-13-16)19-9-3-7-14-5-1-2-6-15(14)12-19/h1-2,5-6,16-17H,3-4,7-13,18H2. The third-order valence-corrected chi connectivity index (χ3v) is 4.83. The van der Waals surface area contributed by atoms with E-state index in [1.807, 2.05) is 0 Å². The maximum absolute atomic E-state index is 6.11. The summed E-state index contributed by atoms with van der Waals surface area (Å²) in [6.45, 7) is 4.77. The molecule has 110 valence electrons. The highest BCUT2D eigenvalue weighted by molar-refractivity contribution is 5.28. The number of hydrogen-bond acceptors (Lipinski definition) is 3. The van der Waals surface area contributed by atoms with Gasteiger partial charge in [0.05, 0.1) is 6.61 Å². The van der Waals surface area contributed by atoms with Gasteiger partial charge < -0.3 is 10.5 Å². The van der Waals surface area contributed by atoms with Gasteiger partial charge in [0.1, 0.15) is 0 Å². The van der Waals surface area contributed by atoms with Crippen LogP contribution >= 0.6 is 0 Å². The van der Waals surface area contributed by atoms with Crippen molar-refractivity contribution in [2.45, 2.75) is 38.3 Å². The van der Waals surface area contributed by atoms with Gasteiger partial charge in [0, 0.05) is 25.7 Å². The molecule has 0 radical (unpaired) electrons. The summed E-state index contributed by atoms with van der Waals surface area (Å²) in [4.78, 5) is 2.60. The van der Waals surface area contributed by atoms with Gasteiger partial charge in [0.25, 0.3) is 0 Å². The number of rotatable bonds is 3. The zero-order chi connectivity index (χ0) is 13.8. The second-order valence-electron chi connectivity index (χ2n) is 6.12. The van der Waals surface area contributed by atoms with Crippen molar-refractivity contribution in [3.05, 3.63) is 35.4 Å². The molecule has 2 atom stereocenters. The predicted molar refractivity (Wildman–Crippen MR) is 81.6 cm³/mol. The molecule has 1 fully saturated rings. The lowest BCUT2D eigenvalue weighted by Gasteiger charge is -2.37. The lowest BCUT2D eigenvalue weighted by Crippen LogP contribution is -2.47. The fourth-order valence-electron chi connectivity index (χ4n) is 3.72. The van der Waals surface area contributed by atoms with Crippen LogP contribution in [0.5, 0.6) is 0 Å². The first kappa shape index (κ1) is 14.1. The first-order chi connectivity index (χ1) is 9.88. The van der Waals surface area contributed by atoms with Crippen molar-refractivity contribution in [2.24, 2.45) is 11.7 Å². The highest BCUT2D eigenvalue weighted by Crippen LogP contribution is 2.26. The molecule has 3 rings (SSSR count). The minimum Gasteiger partial charge on any atom is -0.381 e. The monoisotopic (exact) mass is 274 g/mol. The molecular formula is C17H26N2O. The summed E-state index contributed by atoms with van der Waals surface area (Å²) in [6, 6.07) is 9.34. The number of benzene rings is 1. The van der Waals surface area contributed by atoms with Gasteiger partial charge in [0.2, 0.25) is 0 Å². The highest BCUT2D eigenvalue weighted by Gasteiger charge is 2.29. The molecule has 20 heavy (non-hydrogen) atoms. The van der Waals surface area contributed by atoms with Gasteiger partial charge in [-0.1, -0.05) is 24.3 Å². The van der Waals surface area contributed by atoms with Gasteiger partial charge in [-0.3, -0.25) is 4.90 Å². The molecule has 1 aromatic carbocycles. The Bertz CT molecular complexity index is 429. The topological polar surface area (TPSA) is 38.5 Å². The average molecular weight is 274 g/mol. The first-order valence-corrected chi connectivity index (χ1v) is 7.97. The zero-order valence-electron chi connectivity index (χ0n) is 12.3. The number of hydrogen-bond donors (Lipinski definition) is 1. The molecule has 2 heterocycles. The molecule has 0 spiro atoms. The summed E-state index contributed by atoms with van der Waals surface area (Å²) in [5.41, 5.74) is 9.11. The summed E-state index contributed by atoms with van der Waals surface area (Å²) in [6.07, 6.45) is 4.89. The normalized spacial score (nSPS) is 25.8. The maximum atomic E-state index is 6.11. The Morgan fingerprint density at radius 1 is 1.25 bits per heavy atom. The van der Waals surface area contributed by atoms with E-state index in [0.29, 0.717) is 12.0 Å². The third-order valence-electron chi connectivity index (χ3n) is 4.83. The van der Waals surface area contributed by atoms with Gasteiger partial charge in [-0.15, -0.1) is 0 Å². The first-order valence-electron chi connectivity index (χ1n) is 7.97. The van der Waals surface area contributed by atoms with Crippen LogP contribution in [-0.2, 0) is 17.7 Å². The molecule has 1 saturated heterocycles. The molecule has 0 saturated carbocycles. The van der Waals surface area contributed by atoms with Crippen LogP contribution in [0, 0.1) is 5.92 Å². The van der Waals surface area contributed by atoms with Crippen molar-refractivity contribution in [3.8, 4) is 0 Å². The van der Waals surface area contributed by atoms with Crippen LogP contribution < -0.4 is 5.73 Å². The van der Waals surface area contributed by atoms with Crippen LogP contribution in [0.3, 0.4) is 0 Å². The molecule has 0 aliphatic carbocycles. The van der Waals surface area contributed by atoms with Crippen molar-refractivity contribution in [1.29, 1.82) is 0 Å². The van der Waals surface area contributed by atoms with Gasteiger partial charge >= 0.3 is 0 Å². The summed E-state index contributed by atoms with van der Waals surface area (Å²) < 4.78 is 5.67. The molecular weight excluding hydrogens is 248 g/mol. The second-order valence-corrected chi connectivity index (χ2v) is 6.12. The summed E-state index contributed by atoms with van der Waals surface area (Å²) in [5, 5.41) is 0. The SMILES string of the molecule is NCC(C1CCCOC1)N1CCCc2ccccc2C1. The molecule has 1 aromatic rings. The van der Waals surface area contributed by atoms with E-state index in [2.05, 4.69) is 29.2 Å². The second kappa shape index (κ2) is 6.70. The van der Waals surface area contributed by atoms with Crippen LogP contribution in [0.25, 0.3) is 0 Å².